The second-order valence-electron chi connectivity index (χ2n) is 7.05. The van der Waals surface area contributed by atoms with Gasteiger partial charge in [-0.05, 0) is 48.1 Å². The maximum absolute atomic E-state index is 10.3. The maximum Gasteiger partial charge on any atom is 0.494 e. The Balaban J connectivity index is 1.61. The van der Waals surface area contributed by atoms with Crippen LogP contribution >= 0.6 is 23.2 Å². The van der Waals surface area contributed by atoms with Crippen LogP contribution in [-0.2, 0) is 26.2 Å². The predicted molar refractivity (Wildman–Crippen MR) is 109 cm³/mol. The third-order valence-electron chi connectivity index (χ3n) is 5.25. The van der Waals surface area contributed by atoms with E-state index in [0.29, 0.717) is 33.5 Å². The van der Waals surface area contributed by atoms with E-state index in [2.05, 4.69) is 0 Å². The van der Waals surface area contributed by atoms with Gasteiger partial charge in [0.1, 0.15) is 0 Å². The summed E-state index contributed by atoms with van der Waals surface area (Å²) in [6.07, 6.45) is 0. The van der Waals surface area contributed by atoms with Gasteiger partial charge in [-0.3, -0.25) is 0 Å². The summed E-state index contributed by atoms with van der Waals surface area (Å²) in [4.78, 5) is 0. The second kappa shape index (κ2) is 6.58. The van der Waals surface area contributed by atoms with E-state index >= 15 is 0 Å². The molecule has 27 heavy (non-hydrogen) atoms. The number of benzene rings is 2. The summed E-state index contributed by atoms with van der Waals surface area (Å²) in [5.74, 6) is 0. The van der Waals surface area contributed by atoms with Crippen molar-refractivity contribution in [3.8, 4) is 0 Å². The molecule has 0 spiro atoms. The van der Waals surface area contributed by atoms with Gasteiger partial charge in [0.25, 0.3) is 0 Å². The van der Waals surface area contributed by atoms with Crippen LogP contribution in [0, 0.1) is 6.92 Å². The lowest BCUT2D eigenvalue weighted by atomic mass is 9.75. The van der Waals surface area contributed by atoms with Gasteiger partial charge in [0, 0.05) is 11.2 Å². The molecule has 10 heteroatoms. The number of hydrogen-bond donors (Lipinski definition) is 3. The molecular weight excluding hydrogens is 389 g/mol. The van der Waals surface area contributed by atoms with E-state index in [0.717, 1.165) is 22.2 Å². The molecule has 1 atom stereocenters. The Hall–Kier alpha value is -1.41. The smallest absolute Gasteiger partial charge is 0.423 e. The highest BCUT2D eigenvalue weighted by Gasteiger charge is 2.47. The van der Waals surface area contributed by atoms with E-state index in [1.54, 1.807) is 18.2 Å². The highest BCUT2D eigenvalue weighted by Crippen LogP contribution is 2.35. The highest BCUT2D eigenvalue weighted by molar-refractivity contribution is 6.66. The molecule has 0 bridgehead atoms. The number of rotatable bonds is 3. The third kappa shape index (κ3) is 2.92. The second-order valence-corrected chi connectivity index (χ2v) is 7.84. The van der Waals surface area contributed by atoms with Gasteiger partial charge in [0.2, 0.25) is 0 Å². The lowest BCUT2D eigenvalue weighted by Gasteiger charge is -2.27. The van der Waals surface area contributed by atoms with Crippen LogP contribution in [0.2, 0.25) is 10.0 Å². The molecule has 2 aliphatic rings. The predicted octanol–water partition coefficient (Wildman–Crippen LogP) is 1.34. The number of halogens is 2. The van der Waals surface area contributed by atoms with Gasteiger partial charge in [-0.25, -0.2) is 0 Å². The molecule has 4 rings (SSSR count). The minimum Gasteiger partial charge on any atom is -0.423 e. The van der Waals surface area contributed by atoms with Gasteiger partial charge in [-0.15, -0.1) is 0 Å². The van der Waals surface area contributed by atoms with E-state index in [1.807, 2.05) is 13.8 Å². The summed E-state index contributed by atoms with van der Waals surface area (Å²) >= 11 is 12.4. The molecule has 0 aromatic heterocycles. The molecule has 2 heterocycles. The molecule has 0 radical (unpaired) electrons. The molecule has 0 amide bonds. The topological polar surface area (TPSA) is 100.0 Å². The lowest BCUT2D eigenvalue weighted by Crippen LogP contribution is -2.40. The van der Waals surface area contributed by atoms with E-state index in [9.17, 15) is 5.02 Å². The Morgan fingerprint density at radius 1 is 1.30 bits per heavy atom. The van der Waals surface area contributed by atoms with Gasteiger partial charge in [0.15, 0.2) is 0 Å². The molecular formula is C17H18B2Cl2N2O4. The summed E-state index contributed by atoms with van der Waals surface area (Å²) in [6.45, 7) is 4.25. The van der Waals surface area contributed by atoms with Crippen LogP contribution in [0.5, 0.6) is 0 Å². The quantitative estimate of drug-likeness (QED) is 0.525. The largest absolute Gasteiger partial charge is 0.494 e. The van der Waals surface area contributed by atoms with Gasteiger partial charge in [-0.1, -0.05) is 29.3 Å². The van der Waals surface area contributed by atoms with Crippen LogP contribution in [0.25, 0.3) is 0 Å². The minimum atomic E-state index is -1.17. The number of nitrogens with two attached hydrogens (primary N) is 2. The van der Waals surface area contributed by atoms with Gasteiger partial charge >= 0.3 is 14.2 Å². The van der Waals surface area contributed by atoms with E-state index in [1.165, 1.54) is 0 Å². The molecule has 2 aromatic carbocycles. The molecule has 6 nitrogen and oxygen atoms in total. The standard InChI is InChI=1S/C17H18B2Cl2N2O4/c1-8-13-9(5-11(20)16(8)23)6-25-19(13)26-7-17(2)10-3-4-12(22)15(21)14(10)18(24)27-17/h3-5,24H,6-7,22-23H2,1-2H3. The molecule has 0 saturated carbocycles. The van der Waals surface area contributed by atoms with Crippen molar-refractivity contribution in [3.05, 3.63) is 44.9 Å². The number of fused-ring (bicyclic) bond motifs is 2. The van der Waals surface area contributed by atoms with Gasteiger partial charge < -0.3 is 30.5 Å². The normalized spacial score (nSPS) is 20.9. The van der Waals surface area contributed by atoms with Crippen LogP contribution < -0.4 is 22.4 Å². The monoisotopic (exact) mass is 406 g/mol. The summed E-state index contributed by atoms with van der Waals surface area (Å²) in [7, 11) is -1.76. The van der Waals surface area contributed by atoms with Crippen molar-refractivity contribution >= 4 is 59.7 Å². The maximum atomic E-state index is 10.3. The number of anilines is 2. The van der Waals surface area contributed by atoms with E-state index in [-0.39, 0.29) is 6.61 Å². The summed E-state index contributed by atoms with van der Waals surface area (Å²) in [6, 6.07) is 5.29. The average molecular weight is 407 g/mol. The summed E-state index contributed by atoms with van der Waals surface area (Å²) in [5.41, 5.74) is 15.8. The molecule has 2 aromatic rings. The van der Waals surface area contributed by atoms with Crippen molar-refractivity contribution in [2.75, 3.05) is 18.1 Å². The fourth-order valence-corrected chi connectivity index (χ4v) is 4.26. The van der Waals surface area contributed by atoms with Crippen molar-refractivity contribution in [3.63, 3.8) is 0 Å². The fourth-order valence-electron chi connectivity index (χ4n) is 3.73. The average Bonchev–Trinajstić information content (AvgIpc) is 3.13. The fraction of sp³-hybridized carbons (Fsp3) is 0.294. The third-order valence-corrected chi connectivity index (χ3v) is 5.98. The van der Waals surface area contributed by atoms with Crippen LogP contribution in [0.3, 0.4) is 0 Å². The first-order chi connectivity index (χ1) is 12.7. The Kier molecular flexibility index (Phi) is 4.62. The van der Waals surface area contributed by atoms with Crippen molar-refractivity contribution < 1.29 is 19.0 Å². The molecule has 1 unspecified atom stereocenters. The van der Waals surface area contributed by atoms with Crippen molar-refractivity contribution in [1.29, 1.82) is 0 Å². The lowest BCUT2D eigenvalue weighted by molar-refractivity contribution is 0.0190. The minimum absolute atomic E-state index is 0.142. The van der Waals surface area contributed by atoms with Crippen LogP contribution in [0.1, 0.15) is 23.6 Å². The zero-order valence-electron chi connectivity index (χ0n) is 14.9. The SMILES string of the molecule is Cc1c(N)c(Cl)cc2c1B(OCC1(C)OB(O)c3c1ccc(N)c3Cl)OC2. The van der Waals surface area contributed by atoms with Crippen LogP contribution in [0.15, 0.2) is 18.2 Å². The molecule has 0 aliphatic carbocycles. The Morgan fingerprint density at radius 2 is 2.04 bits per heavy atom. The van der Waals surface area contributed by atoms with Gasteiger partial charge in [0.05, 0.1) is 34.5 Å². The van der Waals surface area contributed by atoms with Gasteiger partial charge in [-0.2, -0.15) is 0 Å². The Labute approximate surface area is 168 Å². The first-order valence-corrected chi connectivity index (χ1v) is 9.23. The van der Waals surface area contributed by atoms with E-state index < -0.39 is 19.8 Å². The Bertz CT molecular complexity index is 946. The van der Waals surface area contributed by atoms with Crippen molar-refractivity contribution in [1.82, 2.24) is 0 Å². The molecule has 2 aliphatic heterocycles. The first kappa shape index (κ1) is 18.9. The number of nitrogen functional groups attached to an aromatic ring is 2. The van der Waals surface area contributed by atoms with Crippen LogP contribution in [0.4, 0.5) is 11.4 Å². The van der Waals surface area contributed by atoms with E-state index in [4.69, 9.17) is 48.6 Å². The summed E-state index contributed by atoms with van der Waals surface area (Å²) < 4.78 is 17.6. The summed E-state index contributed by atoms with van der Waals surface area (Å²) in [5, 5.41) is 11.1. The molecule has 140 valence electrons. The molecule has 0 saturated heterocycles. The van der Waals surface area contributed by atoms with Crippen molar-refractivity contribution in [2.24, 2.45) is 0 Å². The Morgan fingerprint density at radius 3 is 2.78 bits per heavy atom. The highest BCUT2D eigenvalue weighted by atomic mass is 35.5. The zero-order chi connectivity index (χ0) is 19.5. The van der Waals surface area contributed by atoms with Crippen LogP contribution in [-0.4, -0.2) is 25.9 Å². The molecule has 0 fully saturated rings. The van der Waals surface area contributed by atoms with Crippen molar-refractivity contribution in [2.45, 2.75) is 26.1 Å². The molecule has 5 N–H and O–H groups in total. The zero-order valence-corrected chi connectivity index (χ0v) is 16.4. The first-order valence-electron chi connectivity index (χ1n) is 8.47. The number of hydrogen-bond acceptors (Lipinski definition) is 6.